The van der Waals surface area contributed by atoms with Crippen LogP contribution in [0.4, 0.5) is 5.69 Å². The van der Waals surface area contributed by atoms with Crippen molar-refractivity contribution in [1.82, 2.24) is 9.80 Å². The number of anilines is 1. The molecule has 0 saturated carbocycles. The van der Waals surface area contributed by atoms with Gasteiger partial charge in [-0.25, -0.2) is 0 Å². The number of hydrogen-bond acceptors (Lipinski definition) is 6. The molecule has 2 bridgehead atoms. The number of carbonyl (C=O) groups excluding carboxylic acids is 3. The van der Waals surface area contributed by atoms with Crippen LogP contribution >= 0.6 is 15.9 Å². The third-order valence-corrected chi connectivity index (χ3v) is 10.8. The number of carbonyl (C=O) groups is 3. The van der Waals surface area contributed by atoms with E-state index in [4.69, 9.17) is 9.47 Å². The number of likely N-dealkylation sites (tertiary alicyclic amines) is 1. The van der Waals surface area contributed by atoms with Crippen molar-refractivity contribution in [2.45, 2.75) is 61.8 Å². The predicted molar refractivity (Wildman–Crippen MR) is 180 cm³/mol. The summed E-state index contributed by atoms with van der Waals surface area (Å²) in [7, 11) is 1.57. The van der Waals surface area contributed by atoms with E-state index in [9.17, 15) is 19.5 Å². The van der Waals surface area contributed by atoms with Gasteiger partial charge < -0.3 is 29.3 Å². The third kappa shape index (κ3) is 5.80. The molecule has 3 aliphatic rings. The number of halogens is 1. The summed E-state index contributed by atoms with van der Waals surface area (Å²) in [4.78, 5) is 48.8. The van der Waals surface area contributed by atoms with Gasteiger partial charge >= 0.3 is 0 Å². The predicted octanol–water partition coefficient (Wildman–Crippen LogP) is 4.58. The average Bonchev–Trinajstić information content (AvgIpc) is 3.67. The fourth-order valence-corrected chi connectivity index (χ4v) is 8.51. The first-order valence-electron chi connectivity index (χ1n) is 15.9. The van der Waals surface area contributed by atoms with Gasteiger partial charge in [-0.1, -0.05) is 78.7 Å². The van der Waals surface area contributed by atoms with Gasteiger partial charge in [-0.2, -0.15) is 0 Å². The number of fused-ring (bicyclic) bond motifs is 1. The highest BCUT2D eigenvalue weighted by atomic mass is 79.9. The van der Waals surface area contributed by atoms with Crippen molar-refractivity contribution in [2.24, 2.45) is 17.8 Å². The topological polar surface area (TPSA) is 99.6 Å². The van der Waals surface area contributed by atoms with E-state index >= 15 is 0 Å². The molecule has 0 aromatic heterocycles. The lowest BCUT2D eigenvalue weighted by molar-refractivity contribution is -0.148. The summed E-state index contributed by atoms with van der Waals surface area (Å²) < 4.78 is 12.1. The highest BCUT2D eigenvalue weighted by molar-refractivity contribution is 9.09. The maximum atomic E-state index is 14.9. The van der Waals surface area contributed by atoms with Gasteiger partial charge in [0.05, 0.1) is 37.7 Å². The monoisotopic (exact) mass is 693 g/mol. The number of hydrogen-bond donors (Lipinski definition) is 1. The minimum absolute atomic E-state index is 0.116. The first-order valence-corrected chi connectivity index (χ1v) is 16.8. The van der Waals surface area contributed by atoms with E-state index in [-0.39, 0.29) is 41.6 Å². The van der Waals surface area contributed by atoms with Gasteiger partial charge in [0.15, 0.2) is 0 Å². The van der Waals surface area contributed by atoms with Crippen LogP contribution < -0.4 is 9.64 Å². The van der Waals surface area contributed by atoms with Gasteiger partial charge in [0.2, 0.25) is 11.8 Å². The van der Waals surface area contributed by atoms with Crippen LogP contribution in [-0.2, 0) is 25.7 Å². The van der Waals surface area contributed by atoms with E-state index in [1.165, 1.54) is 0 Å². The Bertz CT molecular complexity index is 1440. The fourth-order valence-electron chi connectivity index (χ4n) is 7.57. The molecule has 2 aromatic rings. The number of amides is 3. The molecule has 246 valence electrons. The smallest absolute Gasteiger partial charge is 0.253 e. The summed E-state index contributed by atoms with van der Waals surface area (Å²) in [6, 6.07) is 15.1. The van der Waals surface area contributed by atoms with Crippen molar-refractivity contribution in [2.75, 3.05) is 31.7 Å². The van der Waals surface area contributed by atoms with Crippen molar-refractivity contribution in [3.8, 4) is 5.75 Å². The summed E-state index contributed by atoms with van der Waals surface area (Å²) in [6.07, 6.45) is 3.76. The first-order chi connectivity index (χ1) is 22.2. The molecule has 1 N–H and O–H groups in total. The summed E-state index contributed by atoms with van der Waals surface area (Å²) in [5.74, 6) is -2.07. The van der Waals surface area contributed by atoms with Gasteiger partial charge in [0.1, 0.15) is 17.4 Å². The van der Waals surface area contributed by atoms with Crippen molar-refractivity contribution in [3.63, 3.8) is 0 Å². The molecule has 3 heterocycles. The zero-order valence-electron chi connectivity index (χ0n) is 26.8. The quantitative estimate of drug-likeness (QED) is 0.230. The second kappa shape index (κ2) is 14.1. The molecule has 1 spiro atoms. The Morgan fingerprint density at radius 2 is 1.80 bits per heavy atom. The molecule has 46 heavy (non-hydrogen) atoms. The van der Waals surface area contributed by atoms with Crippen molar-refractivity contribution < 1.29 is 29.0 Å². The number of methoxy groups -OCH3 is 1. The fraction of sp³-hybridized carbons (Fsp3) is 0.472. The molecule has 3 unspecified atom stereocenters. The number of benzene rings is 2. The van der Waals surface area contributed by atoms with Gasteiger partial charge in [0.25, 0.3) is 5.91 Å². The summed E-state index contributed by atoms with van der Waals surface area (Å²) in [5.41, 5.74) is 0.292. The lowest BCUT2D eigenvalue weighted by Gasteiger charge is -2.41. The maximum Gasteiger partial charge on any atom is 0.253 e. The van der Waals surface area contributed by atoms with Crippen LogP contribution in [0, 0.1) is 17.8 Å². The molecule has 0 radical (unpaired) electrons. The van der Waals surface area contributed by atoms with E-state index in [0.717, 1.165) is 5.56 Å². The van der Waals surface area contributed by atoms with E-state index in [0.29, 0.717) is 37.4 Å². The molecule has 10 heteroatoms. The Hall–Kier alpha value is -3.47. The van der Waals surface area contributed by atoms with Crippen LogP contribution in [0.3, 0.4) is 0 Å². The normalized spacial score (nSPS) is 27.5. The van der Waals surface area contributed by atoms with Crippen molar-refractivity contribution >= 4 is 39.3 Å². The van der Waals surface area contributed by atoms with E-state index in [2.05, 4.69) is 29.1 Å². The minimum atomic E-state index is -1.27. The summed E-state index contributed by atoms with van der Waals surface area (Å²) in [5, 5.41) is 10.7. The number of aliphatic hydroxyl groups excluding tert-OH is 1. The SMILES string of the molecule is C=CCN(Cc1ccccc1)C(=O)[C@H]1[C@H]2C(=O)N([C@@H](CO)[C@@H](C)CC)C(C(=O)N(CC=C)c3ccc(OC)cc3)C23CC(Br)[C@@H]1O3. The van der Waals surface area contributed by atoms with Gasteiger partial charge in [-0.15, -0.1) is 13.2 Å². The highest BCUT2D eigenvalue weighted by Gasteiger charge is 2.77. The Morgan fingerprint density at radius 1 is 1.13 bits per heavy atom. The number of ether oxygens (including phenoxy) is 2. The molecule has 3 saturated heterocycles. The standard InChI is InChI=1S/C36H44BrN3O6/c1-6-18-38(21-24-12-10-9-11-13-24)33(42)29-30-34(43)40(28(22-41)23(4)8-3)32(36(30)20-27(37)31(29)46-36)35(44)39(19-7-2)25-14-16-26(45-5)17-15-25/h6-7,9-17,23,27-32,41H,1-2,8,18-22H2,3-5H3/t23-,27?,28-,29-,30-,31-,32?,36?/m0/s1. The number of rotatable bonds is 14. The summed E-state index contributed by atoms with van der Waals surface area (Å²) >= 11 is 3.78. The van der Waals surface area contributed by atoms with E-state index < -0.39 is 35.6 Å². The number of nitrogens with zero attached hydrogens (tertiary/aromatic N) is 3. The molecule has 3 amide bonds. The van der Waals surface area contributed by atoms with Crippen LogP contribution in [0.2, 0.25) is 0 Å². The zero-order valence-corrected chi connectivity index (χ0v) is 28.3. The van der Waals surface area contributed by atoms with Gasteiger partial charge in [-0.3, -0.25) is 14.4 Å². The van der Waals surface area contributed by atoms with Crippen LogP contribution in [0.15, 0.2) is 79.9 Å². The maximum absolute atomic E-state index is 14.9. The van der Waals surface area contributed by atoms with Gasteiger partial charge in [0, 0.05) is 30.1 Å². The lowest BCUT2D eigenvalue weighted by atomic mass is 9.70. The van der Waals surface area contributed by atoms with Crippen LogP contribution in [0.1, 0.15) is 32.3 Å². The largest absolute Gasteiger partial charge is 0.497 e. The van der Waals surface area contributed by atoms with Crippen molar-refractivity contribution in [3.05, 3.63) is 85.5 Å². The molecule has 2 aromatic carbocycles. The highest BCUT2D eigenvalue weighted by Crippen LogP contribution is 2.61. The molecule has 3 fully saturated rings. The molecule has 3 aliphatic heterocycles. The Balaban J connectivity index is 1.60. The minimum Gasteiger partial charge on any atom is -0.497 e. The lowest BCUT2D eigenvalue weighted by Crippen LogP contribution is -2.60. The van der Waals surface area contributed by atoms with Crippen LogP contribution in [-0.4, -0.2) is 88.0 Å². The second-order valence-corrected chi connectivity index (χ2v) is 13.6. The third-order valence-electron chi connectivity index (χ3n) is 9.93. The molecular formula is C36H44BrN3O6. The average molecular weight is 695 g/mol. The Kier molecular flexibility index (Phi) is 10.4. The molecule has 8 atom stereocenters. The number of aliphatic hydroxyl groups is 1. The van der Waals surface area contributed by atoms with Gasteiger partial charge in [-0.05, 0) is 42.2 Å². The zero-order chi connectivity index (χ0) is 33.2. The second-order valence-electron chi connectivity index (χ2n) is 12.5. The first kappa shape index (κ1) is 33.9. The molecule has 5 rings (SSSR count). The van der Waals surface area contributed by atoms with Crippen LogP contribution in [0.25, 0.3) is 0 Å². The summed E-state index contributed by atoms with van der Waals surface area (Å²) in [6.45, 7) is 12.2. The molecule has 0 aliphatic carbocycles. The Morgan fingerprint density at radius 3 is 2.39 bits per heavy atom. The molecular weight excluding hydrogens is 650 g/mol. The van der Waals surface area contributed by atoms with Crippen LogP contribution in [0.5, 0.6) is 5.75 Å². The Labute approximate surface area is 280 Å². The van der Waals surface area contributed by atoms with E-state index in [1.54, 1.807) is 58.2 Å². The molecule has 9 nitrogen and oxygen atoms in total. The van der Waals surface area contributed by atoms with E-state index in [1.807, 2.05) is 44.2 Å². The van der Waals surface area contributed by atoms with Crippen molar-refractivity contribution in [1.29, 1.82) is 0 Å². The number of alkyl halides is 1.